The predicted octanol–water partition coefficient (Wildman–Crippen LogP) is 4.29. The summed E-state index contributed by atoms with van der Waals surface area (Å²) >= 11 is 0. The van der Waals surface area contributed by atoms with E-state index in [2.05, 4.69) is 20.4 Å². The molecule has 29 heavy (non-hydrogen) atoms. The van der Waals surface area contributed by atoms with Crippen molar-refractivity contribution in [1.29, 1.82) is 0 Å². The van der Waals surface area contributed by atoms with Gasteiger partial charge in [-0.15, -0.1) is 0 Å². The Morgan fingerprint density at radius 2 is 2.07 bits per heavy atom. The van der Waals surface area contributed by atoms with E-state index in [1.54, 1.807) is 4.68 Å². The Labute approximate surface area is 169 Å². The van der Waals surface area contributed by atoms with E-state index in [4.69, 9.17) is 0 Å². The number of piperidine rings is 1. The maximum absolute atomic E-state index is 13.8. The number of nitrogens with one attached hydrogen (secondary N) is 1. The van der Waals surface area contributed by atoms with E-state index in [0.717, 1.165) is 43.6 Å². The zero-order valence-electron chi connectivity index (χ0n) is 17.2. The molecule has 0 unspecified atom stereocenters. The van der Waals surface area contributed by atoms with E-state index < -0.39 is 12.2 Å². The molecule has 4 heterocycles. The van der Waals surface area contributed by atoms with Crippen molar-refractivity contribution in [3.63, 3.8) is 0 Å². The van der Waals surface area contributed by atoms with Crippen molar-refractivity contribution in [2.75, 3.05) is 11.9 Å². The number of halogens is 3. The molecule has 2 aromatic rings. The minimum atomic E-state index is -4.31. The molecule has 0 aliphatic carbocycles. The van der Waals surface area contributed by atoms with Gasteiger partial charge in [-0.1, -0.05) is 20.3 Å². The van der Waals surface area contributed by atoms with Gasteiger partial charge in [0.25, 0.3) is 0 Å². The quantitative estimate of drug-likeness (QED) is 0.817. The molecule has 2 aromatic heterocycles. The molecule has 160 valence electrons. The van der Waals surface area contributed by atoms with Crippen LogP contribution in [0.4, 0.5) is 19.0 Å². The molecule has 3 atom stereocenters. The van der Waals surface area contributed by atoms with Gasteiger partial charge in [-0.3, -0.25) is 9.58 Å². The zero-order chi connectivity index (χ0) is 20.8. The molecular weight excluding hydrogens is 381 g/mol. The fraction of sp³-hybridized carbons (Fsp3) is 0.700. The lowest BCUT2D eigenvalue weighted by molar-refractivity contribution is -0.174. The molecule has 0 aromatic carbocycles. The summed E-state index contributed by atoms with van der Waals surface area (Å²) in [6, 6.07) is 0.0708. The number of nitrogens with zero attached hydrogens (tertiary/aromatic N) is 5. The number of aryl methyl sites for hydroxylation is 1. The van der Waals surface area contributed by atoms with Crippen LogP contribution < -0.4 is 5.32 Å². The first kappa shape index (κ1) is 20.3. The number of rotatable bonds is 4. The first-order valence-corrected chi connectivity index (χ1v) is 10.4. The SMILES string of the molecule is CC(C)[C@@H]1C[C@H](C(F)(F)F)n2nc([C@@H]3CCCCN3Cc3cnn(C)c3)cc2N1. The van der Waals surface area contributed by atoms with E-state index in [-0.39, 0.29) is 24.4 Å². The maximum atomic E-state index is 13.8. The fourth-order valence-electron chi connectivity index (χ4n) is 4.53. The van der Waals surface area contributed by atoms with Gasteiger partial charge in [0, 0.05) is 37.5 Å². The van der Waals surface area contributed by atoms with E-state index >= 15 is 0 Å². The molecule has 0 bridgehead atoms. The number of fused-ring (bicyclic) bond motifs is 1. The van der Waals surface area contributed by atoms with Gasteiger partial charge in [-0.2, -0.15) is 23.4 Å². The summed E-state index contributed by atoms with van der Waals surface area (Å²) in [6.45, 7) is 5.54. The topological polar surface area (TPSA) is 50.9 Å². The van der Waals surface area contributed by atoms with Gasteiger partial charge in [0.05, 0.1) is 17.9 Å². The highest BCUT2D eigenvalue weighted by Crippen LogP contribution is 2.42. The van der Waals surface area contributed by atoms with Crippen molar-refractivity contribution in [3.8, 4) is 0 Å². The van der Waals surface area contributed by atoms with E-state index in [0.29, 0.717) is 5.82 Å². The first-order valence-electron chi connectivity index (χ1n) is 10.4. The second kappa shape index (κ2) is 7.66. The summed E-state index contributed by atoms with van der Waals surface area (Å²) in [4.78, 5) is 2.32. The molecule has 6 nitrogen and oxygen atoms in total. The average Bonchev–Trinajstić information content (AvgIpc) is 3.26. The van der Waals surface area contributed by atoms with Gasteiger partial charge in [0.15, 0.2) is 6.04 Å². The Kier molecular flexibility index (Phi) is 5.35. The molecule has 0 radical (unpaired) electrons. The van der Waals surface area contributed by atoms with Gasteiger partial charge in [0.1, 0.15) is 5.82 Å². The lowest BCUT2D eigenvalue weighted by Gasteiger charge is -2.35. The Morgan fingerprint density at radius 3 is 2.72 bits per heavy atom. The maximum Gasteiger partial charge on any atom is 0.410 e. The smallest absolute Gasteiger partial charge is 0.367 e. The van der Waals surface area contributed by atoms with Crippen molar-refractivity contribution in [1.82, 2.24) is 24.5 Å². The van der Waals surface area contributed by atoms with Crippen molar-refractivity contribution in [2.24, 2.45) is 13.0 Å². The van der Waals surface area contributed by atoms with Crippen LogP contribution in [-0.4, -0.2) is 43.2 Å². The number of alkyl halides is 3. The molecule has 4 rings (SSSR count). The van der Waals surface area contributed by atoms with Crippen LogP contribution in [0.15, 0.2) is 18.5 Å². The van der Waals surface area contributed by atoms with E-state index in [1.165, 1.54) is 4.68 Å². The minimum absolute atomic E-state index is 0.0132. The summed E-state index contributed by atoms with van der Waals surface area (Å²) in [5.74, 6) is 0.600. The summed E-state index contributed by atoms with van der Waals surface area (Å²) in [5, 5.41) is 12.0. The van der Waals surface area contributed by atoms with Crippen LogP contribution in [0.3, 0.4) is 0 Å². The van der Waals surface area contributed by atoms with E-state index in [9.17, 15) is 13.2 Å². The van der Waals surface area contributed by atoms with Crippen LogP contribution in [0.2, 0.25) is 0 Å². The van der Waals surface area contributed by atoms with Crippen LogP contribution >= 0.6 is 0 Å². The van der Waals surface area contributed by atoms with Crippen molar-refractivity contribution in [3.05, 3.63) is 29.7 Å². The first-order chi connectivity index (χ1) is 13.7. The van der Waals surface area contributed by atoms with Crippen LogP contribution in [0.1, 0.15) is 62.9 Å². The molecule has 1 fully saturated rings. The van der Waals surface area contributed by atoms with E-state index in [1.807, 2.05) is 39.4 Å². The Morgan fingerprint density at radius 1 is 1.28 bits per heavy atom. The van der Waals surface area contributed by atoms with Gasteiger partial charge in [-0.25, -0.2) is 4.68 Å². The third-order valence-electron chi connectivity index (χ3n) is 6.14. The lowest BCUT2D eigenvalue weighted by Crippen LogP contribution is -2.41. The zero-order valence-corrected chi connectivity index (χ0v) is 17.2. The molecule has 9 heteroatoms. The molecule has 0 saturated carbocycles. The molecular formula is C20H29F3N6. The second-order valence-corrected chi connectivity index (χ2v) is 8.69. The van der Waals surface area contributed by atoms with Gasteiger partial charge >= 0.3 is 6.18 Å². The third-order valence-corrected chi connectivity index (χ3v) is 6.14. The number of hydrogen-bond donors (Lipinski definition) is 1. The Bertz CT molecular complexity index is 840. The number of hydrogen-bond acceptors (Lipinski definition) is 4. The van der Waals surface area contributed by atoms with Gasteiger partial charge < -0.3 is 5.32 Å². The highest BCUT2D eigenvalue weighted by Gasteiger charge is 2.47. The molecule has 1 N–H and O–H groups in total. The third kappa shape index (κ3) is 4.15. The van der Waals surface area contributed by atoms with Gasteiger partial charge in [-0.05, 0) is 31.7 Å². The summed E-state index contributed by atoms with van der Waals surface area (Å²) in [7, 11) is 1.88. The molecule has 1 saturated heterocycles. The van der Waals surface area contributed by atoms with Crippen LogP contribution in [0.5, 0.6) is 0 Å². The fourth-order valence-corrected chi connectivity index (χ4v) is 4.53. The largest absolute Gasteiger partial charge is 0.410 e. The molecule has 2 aliphatic rings. The predicted molar refractivity (Wildman–Crippen MR) is 104 cm³/mol. The molecule has 0 spiro atoms. The Hall–Kier alpha value is -2.03. The van der Waals surface area contributed by atoms with Crippen LogP contribution in [0.25, 0.3) is 0 Å². The normalized spacial score (nSPS) is 25.8. The van der Waals surface area contributed by atoms with Crippen molar-refractivity contribution in [2.45, 2.75) is 70.4 Å². The summed E-state index contributed by atoms with van der Waals surface area (Å²) < 4.78 is 44.2. The number of anilines is 1. The Balaban J connectivity index is 1.63. The van der Waals surface area contributed by atoms with Crippen LogP contribution in [-0.2, 0) is 13.6 Å². The van der Waals surface area contributed by atoms with Gasteiger partial charge in [0.2, 0.25) is 0 Å². The number of likely N-dealkylation sites (tertiary alicyclic amines) is 1. The highest BCUT2D eigenvalue weighted by molar-refractivity contribution is 5.42. The van der Waals surface area contributed by atoms with Crippen LogP contribution in [0, 0.1) is 5.92 Å². The molecule has 2 aliphatic heterocycles. The highest BCUT2D eigenvalue weighted by atomic mass is 19.4. The van der Waals surface area contributed by atoms with Crippen molar-refractivity contribution >= 4 is 5.82 Å². The summed E-state index contributed by atoms with van der Waals surface area (Å²) in [5.41, 5.74) is 1.84. The average molecular weight is 410 g/mol. The second-order valence-electron chi connectivity index (χ2n) is 8.69. The monoisotopic (exact) mass is 410 g/mol. The number of aromatic nitrogens is 4. The summed E-state index contributed by atoms with van der Waals surface area (Å²) in [6.07, 6.45) is 2.58. The minimum Gasteiger partial charge on any atom is -0.367 e. The molecule has 0 amide bonds. The standard InChI is InChI=1S/C20H29F3N6/c1-13(2)15-8-18(20(21,22)23)29-19(25-15)9-16(26-29)17-6-4-5-7-28(17)12-14-10-24-27(3)11-14/h9-11,13,15,17-18,25H,4-8,12H2,1-3H3/t15-,17-,18+/m0/s1. The van der Waals surface area contributed by atoms with Crippen molar-refractivity contribution < 1.29 is 13.2 Å². The lowest BCUT2D eigenvalue weighted by atomic mass is 9.94.